The minimum atomic E-state index is -0.488. The quantitative estimate of drug-likeness (QED) is 0.866. The molecule has 0 aliphatic carbocycles. The van der Waals surface area contributed by atoms with Crippen molar-refractivity contribution in [1.29, 1.82) is 0 Å². The van der Waals surface area contributed by atoms with Crippen LogP contribution in [-0.2, 0) is 4.74 Å². The highest BCUT2D eigenvalue weighted by molar-refractivity contribution is 5.86. The van der Waals surface area contributed by atoms with E-state index in [0.29, 0.717) is 11.8 Å². The van der Waals surface area contributed by atoms with Crippen LogP contribution >= 0.6 is 0 Å². The Morgan fingerprint density at radius 3 is 2.57 bits per heavy atom. The van der Waals surface area contributed by atoms with Crippen LogP contribution in [0.5, 0.6) is 0 Å². The Kier molecular flexibility index (Phi) is 5.69. The molecule has 0 bridgehead atoms. The van der Waals surface area contributed by atoms with Gasteiger partial charge in [-0.25, -0.2) is 4.79 Å². The van der Waals surface area contributed by atoms with Gasteiger partial charge < -0.3 is 10.1 Å². The molecule has 1 amide bonds. The van der Waals surface area contributed by atoms with E-state index in [1.165, 1.54) is 18.4 Å². The number of benzene rings is 1. The molecule has 1 aromatic rings. The van der Waals surface area contributed by atoms with E-state index in [4.69, 9.17) is 4.74 Å². The van der Waals surface area contributed by atoms with E-state index >= 15 is 0 Å². The molecule has 2 N–H and O–H groups in total. The van der Waals surface area contributed by atoms with Crippen molar-refractivity contribution in [2.75, 3.05) is 18.4 Å². The second kappa shape index (κ2) is 7.35. The molecule has 0 aromatic heterocycles. The molecule has 1 saturated heterocycles. The third-order valence-corrected chi connectivity index (χ3v) is 4.51. The van der Waals surface area contributed by atoms with Crippen LogP contribution in [0.15, 0.2) is 18.2 Å². The summed E-state index contributed by atoms with van der Waals surface area (Å²) < 4.78 is 5.36. The van der Waals surface area contributed by atoms with Gasteiger partial charge in [-0.05, 0) is 82.7 Å². The maximum Gasteiger partial charge on any atom is 0.412 e. The number of nitrogens with one attached hydrogen (secondary N) is 2. The number of carbonyl (C=O) groups excluding carboxylic acids is 1. The van der Waals surface area contributed by atoms with E-state index in [0.717, 1.165) is 24.3 Å². The predicted molar refractivity (Wildman–Crippen MR) is 95.0 cm³/mol. The maximum atomic E-state index is 12.0. The van der Waals surface area contributed by atoms with Crippen LogP contribution < -0.4 is 10.6 Å². The van der Waals surface area contributed by atoms with E-state index in [-0.39, 0.29) is 0 Å². The summed E-state index contributed by atoms with van der Waals surface area (Å²) in [4.78, 5) is 12.0. The molecule has 1 atom stereocenters. The van der Waals surface area contributed by atoms with Crippen LogP contribution in [0.3, 0.4) is 0 Å². The summed E-state index contributed by atoms with van der Waals surface area (Å²) in [5.74, 6) is 1.20. The topological polar surface area (TPSA) is 50.4 Å². The molecule has 1 heterocycles. The molecule has 1 fully saturated rings. The Bertz CT molecular complexity index is 543. The van der Waals surface area contributed by atoms with Gasteiger partial charge in [0.25, 0.3) is 0 Å². The lowest BCUT2D eigenvalue weighted by atomic mass is 9.81. The van der Waals surface area contributed by atoms with Crippen LogP contribution in [0.2, 0.25) is 0 Å². The van der Waals surface area contributed by atoms with Crippen molar-refractivity contribution in [2.45, 2.75) is 59.0 Å². The summed E-state index contributed by atoms with van der Waals surface area (Å²) in [5.41, 5.74) is 2.70. The molecule has 0 radical (unpaired) electrons. The first kappa shape index (κ1) is 17.8. The summed E-state index contributed by atoms with van der Waals surface area (Å²) in [6, 6.07) is 6.37. The Labute approximate surface area is 140 Å². The SMILES string of the molecule is Cc1ccc(C(C)C2CCNCC2)cc1NC(=O)OC(C)(C)C. The first-order valence-corrected chi connectivity index (χ1v) is 8.57. The molecule has 1 aliphatic rings. The normalized spacial score (nSPS) is 17.6. The highest BCUT2D eigenvalue weighted by Crippen LogP contribution is 2.32. The summed E-state index contributed by atoms with van der Waals surface area (Å²) in [6.07, 6.45) is 2.03. The van der Waals surface area contributed by atoms with Gasteiger partial charge in [0.15, 0.2) is 0 Å². The molecule has 4 heteroatoms. The molecule has 128 valence electrons. The van der Waals surface area contributed by atoms with Gasteiger partial charge in [-0.3, -0.25) is 5.32 Å². The van der Waals surface area contributed by atoms with Crippen LogP contribution in [0.1, 0.15) is 57.6 Å². The standard InChI is InChI=1S/C19H30N2O2/c1-13-6-7-16(14(2)15-8-10-20-11-9-15)12-17(13)21-18(22)23-19(3,4)5/h6-7,12,14-15,20H,8-11H2,1-5H3,(H,21,22). The molecule has 1 aliphatic heterocycles. The van der Waals surface area contributed by atoms with E-state index in [2.05, 4.69) is 35.8 Å². The summed E-state index contributed by atoms with van der Waals surface area (Å²) in [6.45, 7) is 12.1. The van der Waals surface area contributed by atoms with Gasteiger partial charge in [-0.15, -0.1) is 0 Å². The predicted octanol–water partition coefficient (Wildman–Crippen LogP) is 4.45. The van der Waals surface area contributed by atoms with Gasteiger partial charge in [-0.1, -0.05) is 19.1 Å². The van der Waals surface area contributed by atoms with Gasteiger partial charge in [0.2, 0.25) is 0 Å². The van der Waals surface area contributed by atoms with Crippen molar-refractivity contribution in [3.8, 4) is 0 Å². The van der Waals surface area contributed by atoms with Crippen molar-refractivity contribution < 1.29 is 9.53 Å². The lowest BCUT2D eigenvalue weighted by Crippen LogP contribution is -2.30. The highest BCUT2D eigenvalue weighted by Gasteiger charge is 2.22. The highest BCUT2D eigenvalue weighted by atomic mass is 16.6. The zero-order valence-corrected chi connectivity index (χ0v) is 15.0. The second-order valence-electron chi connectivity index (χ2n) is 7.58. The number of piperidine rings is 1. The minimum absolute atomic E-state index is 0.396. The third-order valence-electron chi connectivity index (χ3n) is 4.51. The van der Waals surface area contributed by atoms with E-state index < -0.39 is 11.7 Å². The van der Waals surface area contributed by atoms with Crippen molar-refractivity contribution >= 4 is 11.8 Å². The largest absolute Gasteiger partial charge is 0.444 e. The van der Waals surface area contributed by atoms with Gasteiger partial charge in [0.05, 0.1) is 0 Å². The molecule has 0 saturated carbocycles. The van der Waals surface area contributed by atoms with Crippen molar-refractivity contribution in [3.05, 3.63) is 29.3 Å². The number of ether oxygens (including phenoxy) is 1. The number of hydrogen-bond acceptors (Lipinski definition) is 3. The Hall–Kier alpha value is -1.55. The number of anilines is 1. The van der Waals surface area contributed by atoms with E-state index in [9.17, 15) is 4.79 Å². The molecule has 23 heavy (non-hydrogen) atoms. The van der Waals surface area contributed by atoms with E-state index in [1.807, 2.05) is 27.7 Å². The van der Waals surface area contributed by atoms with Crippen LogP contribution in [0.4, 0.5) is 10.5 Å². The average molecular weight is 318 g/mol. The Morgan fingerprint density at radius 1 is 1.30 bits per heavy atom. The number of hydrogen-bond donors (Lipinski definition) is 2. The fraction of sp³-hybridized carbons (Fsp3) is 0.632. The average Bonchev–Trinajstić information content (AvgIpc) is 2.48. The van der Waals surface area contributed by atoms with Gasteiger partial charge in [-0.2, -0.15) is 0 Å². The first-order chi connectivity index (χ1) is 10.8. The molecule has 2 rings (SSSR count). The fourth-order valence-corrected chi connectivity index (χ4v) is 3.09. The summed E-state index contributed by atoms with van der Waals surface area (Å²) in [5, 5.41) is 6.31. The van der Waals surface area contributed by atoms with Gasteiger partial charge in [0, 0.05) is 5.69 Å². The molecular formula is C19H30N2O2. The van der Waals surface area contributed by atoms with Crippen LogP contribution in [0.25, 0.3) is 0 Å². The summed E-state index contributed by atoms with van der Waals surface area (Å²) >= 11 is 0. The molecule has 0 spiro atoms. The molecule has 1 unspecified atom stereocenters. The number of amides is 1. The monoisotopic (exact) mass is 318 g/mol. The lowest BCUT2D eigenvalue weighted by Gasteiger charge is -2.29. The van der Waals surface area contributed by atoms with Crippen LogP contribution in [-0.4, -0.2) is 24.8 Å². The van der Waals surface area contributed by atoms with Gasteiger partial charge >= 0.3 is 6.09 Å². The molecular weight excluding hydrogens is 288 g/mol. The smallest absolute Gasteiger partial charge is 0.412 e. The summed E-state index contributed by atoms with van der Waals surface area (Å²) in [7, 11) is 0. The Morgan fingerprint density at radius 2 is 1.96 bits per heavy atom. The van der Waals surface area contributed by atoms with E-state index in [1.54, 1.807) is 0 Å². The van der Waals surface area contributed by atoms with Gasteiger partial charge in [0.1, 0.15) is 5.60 Å². The van der Waals surface area contributed by atoms with Crippen LogP contribution in [0, 0.1) is 12.8 Å². The zero-order chi connectivity index (χ0) is 17.0. The maximum absolute atomic E-state index is 12.0. The van der Waals surface area contributed by atoms with Crippen molar-refractivity contribution in [1.82, 2.24) is 5.32 Å². The number of carbonyl (C=O) groups is 1. The fourth-order valence-electron chi connectivity index (χ4n) is 3.09. The zero-order valence-electron chi connectivity index (χ0n) is 15.0. The lowest BCUT2D eigenvalue weighted by molar-refractivity contribution is 0.0636. The third kappa shape index (κ3) is 5.24. The molecule has 4 nitrogen and oxygen atoms in total. The number of rotatable bonds is 3. The molecule has 1 aromatic carbocycles. The minimum Gasteiger partial charge on any atom is -0.444 e. The number of aryl methyl sites for hydroxylation is 1. The first-order valence-electron chi connectivity index (χ1n) is 8.57. The van der Waals surface area contributed by atoms with Crippen molar-refractivity contribution in [2.24, 2.45) is 5.92 Å². The van der Waals surface area contributed by atoms with Crippen molar-refractivity contribution in [3.63, 3.8) is 0 Å². The Balaban J connectivity index is 2.10. The second-order valence-corrected chi connectivity index (χ2v) is 7.58.